The van der Waals surface area contributed by atoms with Crippen LogP contribution in [0.2, 0.25) is 0 Å². The molecule has 3 aliphatic rings. The first-order valence-electron chi connectivity index (χ1n) is 19.9. The van der Waals surface area contributed by atoms with Crippen LogP contribution < -0.4 is 10.6 Å². The second-order valence-electron chi connectivity index (χ2n) is 18.7. The van der Waals surface area contributed by atoms with Gasteiger partial charge in [-0.1, -0.05) is 116 Å². The van der Waals surface area contributed by atoms with E-state index in [1.54, 1.807) is 0 Å². The van der Waals surface area contributed by atoms with Crippen LogP contribution in [0.15, 0.2) is 65.9 Å². The Morgan fingerprint density at radius 2 is 1.19 bits per heavy atom. The molecule has 0 radical (unpaired) electrons. The molecular formula is C45H61N5O4. The maximum Gasteiger partial charge on any atom is 0.229 e. The maximum atomic E-state index is 13.6. The minimum absolute atomic E-state index is 0.0856. The Morgan fingerprint density at radius 1 is 0.722 bits per heavy atom. The molecule has 290 valence electrons. The molecule has 1 aromatic heterocycles. The van der Waals surface area contributed by atoms with Gasteiger partial charge in [0.25, 0.3) is 0 Å². The summed E-state index contributed by atoms with van der Waals surface area (Å²) in [7, 11) is 0. The van der Waals surface area contributed by atoms with Gasteiger partial charge in [0.05, 0.1) is 47.0 Å². The standard InChI is InChI=1S/C45H61N5O4/c1-42(2,3)37(49-40(53)44(7)23-11-9-13-35(44)51)33-25-32(26-46-33)30-17-15-28(16-18-30)29-19-21-31(22-20-29)34-27-47-39(48-34)38(43(4,5)6)50-41(54)45(8)24-12-10-14-36(45)52/h15-22,26-27,35-38,51-52H,9-14,23-25H2,1-8H3,(H,47,48)(H,49,53)(H,50,54)/t35?,36?,37-,38-,44?,45?/m1/s1. The van der Waals surface area contributed by atoms with E-state index in [2.05, 4.69) is 106 Å². The van der Waals surface area contributed by atoms with Gasteiger partial charge < -0.3 is 25.8 Å². The molecule has 5 N–H and O–H groups in total. The van der Waals surface area contributed by atoms with Gasteiger partial charge in [-0.2, -0.15) is 0 Å². The number of imidazole rings is 1. The summed E-state index contributed by atoms with van der Waals surface area (Å²) in [5.74, 6) is 0.488. The van der Waals surface area contributed by atoms with Crippen molar-refractivity contribution in [1.29, 1.82) is 0 Å². The molecule has 2 saturated carbocycles. The zero-order valence-corrected chi connectivity index (χ0v) is 33.6. The van der Waals surface area contributed by atoms with Gasteiger partial charge in [-0.05, 0) is 78.2 Å². The smallest absolute Gasteiger partial charge is 0.229 e. The third kappa shape index (κ3) is 8.13. The molecule has 2 heterocycles. The van der Waals surface area contributed by atoms with Crippen LogP contribution in [0, 0.1) is 21.7 Å². The fourth-order valence-electron chi connectivity index (χ4n) is 8.40. The molecule has 6 rings (SSSR count). The number of aliphatic hydroxyl groups excluding tert-OH is 2. The van der Waals surface area contributed by atoms with Gasteiger partial charge in [0.15, 0.2) is 0 Å². The topological polar surface area (TPSA) is 140 Å². The Hall–Kier alpha value is -4.08. The van der Waals surface area contributed by atoms with Crippen LogP contribution in [0.4, 0.5) is 0 Å². The first-order valence-corrected chi connectivity index (χ1v) is 19.9. The summed E-state index contributed by atoms with van der Waals surface area (Å²) in [6, 6.07) is 16.3. The van der Waals surface area contributed by atoms with Crippen LogP contribution in [0.5, 0.6) is 0 Å². The van der Waals surface area contributed by atoms with Crippen molar-refractivity contribution in [3.63, 3.8) is 0 Å². The van der Waals surface area contributed by atoms with Gasteiger partial charge in [-0.3, -0.25) is 14.6 Å². The molecule has 9 nitrogen and oxygen atoms in total. The lowest BCUT2D eigenvalue weighted by atomic mass is 9.72. The van der Waals surface area contributed by atoms with E-state index < -0.39 is 23.0 Å². The van der Waals surface area contributed by atoms with Crippen molar-refractivity contribution in [2.45, 2.75) is 137 Å². The number of hydrogen-bond acceptors (Lipinski definition) is 6. The van der Waals surface area contributed by atoms with Crippen LogP contribution in [0.3, 0.4) is 0 Å². The molecule has 0 saturated heterocycles. The van der Waals surface area contributed by atoms with Gasteiger partial charge in [0.1, 0.15) is 5.82 Å². The lowest BCUT2D eigenvalue weighted by Crippen LogP contribution is -2.56. The summed E-state index contributed by atoms with van der Waals surface area (Å²) in [5, 5.41) is 28.0. The largest absolute Gasteiger partial charge is 0.392 e. The number of hydrogen-bond donors (Lipinski definition) is 5. The average molecular weight is 736 g/mol. The first-order chi connectivity index (χ1) is 25.4. The van der Waals surface area contributed by atoms with Crippen LogP contribution in [-0.2, 0) is 9.59 Å². The van der Waals surface area contributed by atoms with Crippen molar-refractivity contribution in [3.05, 3.63) is 72.3 Å². The summed E-state index contributed by atoms with van der Waals surface area (Å²) in [6.45, 7) is 16.4. The van der Waals surface area contributed by atoms with Gasteiger partial charge in [-0.25, -0.2) is 4.98 Å². The average Bonchev–Trinajstić information content (AvgIpc) is 3.82. The summed E-state index contributed by atoms with van der Waals surface area (Å²) < 4.78 is 0. The van der Waals surface area contributed by atoms with Crippen molar-refractivity contribution in [2.24, 2.45) is 26.7 Å². The number of aromatic amines is 1. The fourth-order valence-corrected chi connectivity index (χ4v) is 8.40. The van der Waals surface area contributed by atoms with Crippen LogP contribution >= 0.6 is 0 Å². The van der Waals surface area contributed by atoms with E-state index in [4.69, 9.17) is 9.98 Å². The molecule has 1 aliphatic heterocycles. The zero-order chi connectivity index (χ0) is 39.1. The third-order valence-corrected chi connectivity index (χ3v) is 12.4. The number of H-pyrrole nitrogens is 1. The number of benzene rings is 2. The molecule has 9 heteroatoms. The van der Waals surface area contributed by atoms with E-state index in [1.165, 1.54) is 0 Å². The number of carbonyl (C=O) groups is 2. The highest BCUT2D eigenvalue weighted by atomic mass is 16.3. The summed E-state index contributed by atoms with van der Waals surface area (Å²) >= 11 is 0. The number of allylic oxidation sites excluding steroid dienone is 1. The summed E-state index contributed by atoms with van der Waals surface area (Å²) in [6.07, 6.45) is 9.60. The molecule has 2 aliphatic carbocycles. The lowest BCUT2D eigenvalue weighted by Gasteiger charge is -2.40. The van der Waals surface area contributed by atoms with Gasteiger partial charge in [-0.15, -0.1) is 0 Å². The zero-order valence-electron chi connectivity index (χ0n) is 33.6. The molecule has 3 aromatic rings. The Bertz CT molecular complexity index is 1880. The number of rotatable bonds is 9. The van der Waals surface area contributed by atoms with Gasteiger partial charge in [0, 0.05) is 18.3 Å². The third-order valence-electron chi connectivity index (χ3n) is 12.4. The predicted octanol–water partition coefficient (Wildman–Crippen LogP) is 8.55. The van der Waals surface area contributed by atoms with E-state index in [1.807, 2.05) is 26.2 Å². The lowest BCUT2D eigenvalue weighted by molar-refractivity contribution is -0.142. The summed E-state index contributed by atoms with van der Waals surface area (Å²) in [5.41, 5.74) is 5.08. The molecule has 0 bridgehead atoms. The minimum atomic E-state index is -0.803. The van der Waals surface area contributed by atoms with Crippen molar-refractivity contribution in [2.75, 3.05) is 0 Å². The van der Waals surface area contributed by atoms with E-state index >= 15 is 0 Å². The molecule has 2 amide bonds. The Labute approximate surface area is 321 Å². The number of aliphatic hydroxyl groups is 2. The Balaban J connectivity index is 1.10. The van der Waals surface area contributed by atoms with Crippen molar-refractivity contribution in [3.8, 4) is 22.4 Å². The van der Waals surface area contributed by atoms with Crippen molar-refractivity contribution >= 4 is 23.1 Å². The van der Waals surface area contributed by atoms with E-state index in [0.29, 0.717) is 37.9 Å². The second kappa shape index (κ2) is 15.2. The normalized spacial score (nSPS) is 26.0. The monoisotopic (exact) mass is 735 g/mol. The quantitative estimate of drug-likeness (QED) is 0.150. The summed E-state index contributed by atoms with van der Waals surface area (Å²) in [4.78, 5) is 40.1. The highest BCUT2D eigenvalue weighted by Gasteiger charge is 2.46. The number of aromatic nitrogens is 2. The molecule has 2 aromatic carbocycles. The highest BCUT2D eigenvalue weighted by Crippen LogP contribution is 2.40. The Kier molecular flexibility index (Phi) is 11.2. The van der Waals surface area contributed by atoms with Gasteiger partial charge >= 0.3 is 0 Å². The fraction of sp³-hybridized carbons (Fsp3) is 0.556. The van der Waals surface area contributed by atoms with Crippen molar-refractivity contribution in [1.82, 2.24) is 20.6 Å². The molecule has 6 atom stereocenters. The predicted molar refractivity (Wildman–Crippen MR) is 216 cm³/mol. The van der Waals surface area contributed by atoms with E-state index in [0.717, 1.165) is 64.9 Å². The number of nitrogens with one attached hydrogen (secondary N) is 3. The van der Waals surface area contributed by atoms with E-state index in [-0.39, 0.29) is 34.7 Å². The number of carbonyl (C=O) groups excluding carboxylic acids is 2. The van der Waals surface area contributed by atoms with Crippen LogP contribution in [-0.4, -0.2) is 56.0 Å². The number of amides is 2. The molecule has 54 heavy (non-hydrogen) atoms. The minimum Gasteiger partial charge on any atom is -0.392 e. The van der Waals surface area contributed by atoms with Crippen LogP contribution in [0.25, 0.3) is 28.0 Å². The van der Waals surface area contributed by atoms with Gasteiger partial charge in [0.2, 0.25) is 11.8 Å². The molecule has 4 unspecified atom stereocenters. The number of aliphatic imine (C=N–C) groups is 1. The first kappa shape index (κ1) is 39.6. The van der Waals surface area contributed by atoms with E-state index in [9.17, 15) is 19.8 Å². The molecule has 0 spiro atoms. The molecule has 2 fully saturated rings. The second-order valence-corrected chi connectivity index (χ2v) is 18.7. The molecular weight excluding hydrogens is 675 g/mol. The van der Waals surface area contributed by atoms with Crippen molar-refractivity contribution < 1.29 is 19.8 Å². The maximum absolute atomic E-state index is 13.6. The SMILES string of the molecule is CC1(C(=O)N[C@H](C2=NC=C(c3ccc(-c4ccc(-c5cnc([C@@H](NC(=O)C6(C)CCCCC6O)C(C)(C)C)[nH]5)cc4)cc3)C2)C(C)(C)C)CCCCC1O. The number of nitrogens with zero attached hydrogens (tertiary/aromatic N) is 2. The van der Waals surface area contributed by atoms with Crippen LogP contribution in [0.1, 0.15) is 131 Å². The highest BCUT2D eigenvalue weighted by molar-refractivity contribution is 6.04. The Morgan fingerprint density at radius 3 is 1.67 bits per heavy atom.